The van der Waals surface area contributed by atoms with Crippen molar-refractivity contribution in [3.63, 3.8) is 0 Å². The molecule has 0 N–H and O–H groups in total. The first-order chi connectivity index (χ1) is 7.79. The van der Waals surface area contributed by atoms with Crippen LogP contribution in [0.2, 0.25) is 0 Å². The number of aliphatic imine (C=N–C) groups is 1. The van der Waals surface area contributed by atoms with Gasteiger partial charge in [-0.05, 0) is 42.5 Å². The standard InChI is InChI=1S/C15H23N/c1-4-11-16-12-14-9-7-6-8-10-15(14)13(3)5-2/h6-7,9-11,13H,4-5,8,12H2,1-3H3/b16-11+/t13-/m0/s1. The van der Waals surface area contributed by atoms with Gasteiger partial charge in [0.25, 0.3) is 0 Å². The van der Waals surface area contributed by atoms with Crippen LogP contribution in [0.1, 0.15) is 40.0 Å². The van der Waals surface area contributed by atoms with Gasteiger partial charge in [-0.2, -0.15) is 0 Å². The van der Waals surface area contributed by atoms with Gasteiger partial charge in [0.15, 0.2) is 0 Å². The molecule has 1 nitrogen and oxygen atoms in total. The first-order valence-electron chi connectivity index (χ1n) is 6.34. The predicted molar refractivity (Wildman–Crippen MR) is 73.0 cm³/mol. The Morgan fingerprint density at radius 2 is 2.25 bits per heavy atom. The molecule has 0 amide bonds. The monoisotopic (exact) mass is 217 g/mol. The maximum absolute atomic E-state index is 4.45. The van der Waals surface area contributed by atoms with E-state index in [1.807, 2.05) is 6.21 Å². The van der Waals surface area contributed by atoms with Crippen molar-refractivity contribution < 1.29 is 0 Å². The van der Waals surface area contributed by atoms with Gasteiger partial charge in [0.1, 0.15) is 0 Å². The SMILES string of the molecule is CC/C=N/CC1=CC=CCC=C1[C@@H](C)CC. The van der Waals surface area contributed by atoms with Crippen LogP contribution >= 0.6 is 0 Å². The Morgan fingerprint density at radius 3 is 2.94 bits per heavy atom. The third-order valence-corrected chi connectivity index (χ3v) is 2.99. The molecule has 16 heavy (non-hydrogen) atoms. The second-order valence-corrected chi connectivity index (χ2v) is 4.26. The van der Waals surface area contributed by atoms with Gasteiger partial charge in [0, 0.05) is 0 Å². The van der Waals surface area contributed by atoms with Crippen LogP contribution in [0.5, 0.6) is 0 Å². The molecular formula is C15H23N. The van der Waals surface area contributed by atoms with Crippen molar-refractivity contribution in [1.82, 2.24) is 0 Å². The van der Waals surface area contributed by atoms with E-state index in [2.05, 4.69) is 50.1 Å². The van der Waals surface area contributed by atoms with Crippen molar-refractivity contribution in [2.24, 2.45) is 10.9 Å². The van der Waals surface area contributed by atoms with Gasteiger partial charge in [0.05, 0.1) is 6.54 Å². The zero-order valence-electron chi connectivity index (χ0n) is 10.7. The maximum atomic E-state index is 4.45. The van der Waals surface area contributed by atoms with E-state index >= 15 is 0 Å². The Bertz CT molecular complexity index is 318. The maximum Gasteiger partial charge on any atom is 0.0638 e. The second-order valence-electron chi connectivity index (χ2n) is 4.26. The summed E-state index contributed by atoms with van der Waals surface area (Å²) in [7, 11) is 0. The average Bonchev–Trinajstić information content (AvgIpc) is 2.54. The molecule has 0 aromatic carbocycles. The minimum atomic E-state index is 0.642. The Balaban J connectivity index is 2.78. The topological polar surface area (TPSA) is 12.4 Å². The van der Waals surface area contributed by atoms with E-state index in [1.54, 1.807) is 0 Å². The lowest BCUT2D eigenvalue weighted by atomic mass is 9.91. The van der Waals surface area contributed by atoms with Crippen LogP contribution in [-0.2, 0) is 0 Å². The van der Waals surface area contributed by atoms with E-state index < -0.39 is 0 Å². The zero-order valence-corrected chi connectivity index (χ0v) is 10.7. The van der Waals surface area contributed by atoms with Gasteiger partial charge < -0.3 is 0 Å². The Hall–Kier alpha value is -1.11. The number of rotatable bonds is 5. The molecule has 0 saturated heterocycles. The summed E-state index contributed by atoms with van der Waals surface area (Å²) in [5.41, 5.74) is 2.87. The molecule has 0 saturated carbocycles. The first kappa shape index (κ1) is 13.0. The molecule has 0 heterocycles. The summed E-state index contributed by atoms with van der Waals surface area (Å²) in [6.07, 6.45) is 14.2. The van der Waals surface area contributed by atoms with Crippen molar-refractivity contribution in [2.45, 2.75) is 40.0 Å². The average molecular weight is 217 g/mol. The quantitative estimate of drug-likeness (QED) is 0.608. The fourth-order valence-electron chi connectivity index (χ4n) is 1.86. The van der Waals surface area contributed by atoms with Crippen molar-refractivity contribution >= 4 is 6.21 Å². The van der Waals surface area contributed by atoms with Gasteiger partial charge in [-0.3, -0.25) is 4.99 Å². The molecule has 1 rings (SSSR count). The Kier molecular flexibility index (Phi) is 5.84. The lowest BCUT2D eigenvalue weighted by Gasteiger charge is -2.16. The highest BCUT2D eigenvalue weighted by Crippen LogP contribution is 2.25. The molecule has 0 aliphatic heterocycles. The van der Waals surface area contributed by atoms with E-state index in [4.69, 9.17) is 0 Å². The molecule has 1 aliphatic rings. The largest absolute Gasteiger partial charge is 0.293 e. The van der Waals surface area contributed by atoms with Crippen LogP contribution in [0, 0.1) is 5.92 Å². The van der Waals surface area contributed by atoms with Crippen molar-refractivity contribution in [2.75, 3.05) is 6.54 Å². The van der Waals surface area contributed by atoms with E-state index in [1.165, 1.54) is 17.6 Å². The molecule has 0 spiro atoms. The van der Waals surface area contributed by atoms with Crippen LogP contribution in [-0.4, -0.2) is 12.8 Å². The smallest absolute Gasteiger partial charge is 0.0638 e. The second kappa shape index (κ2) is 7.21. The molecule has 88 valence electrons. The molecule has 0 aromatic heterocycles. The van der Waals surface area contributed by atoms with Gasteiger partial charge in [-0.1, -0.05) is 45.1 Å². The number of allylic oxidation sites excluding steroid dienone is 4. The van der Waals surface area contributed by atoms with Crippen LogP contribution in [0.25, 0.3) is 0 Å². The summed E-state index contributed by atoms with van der Waals surface area (Å²) in [6, 6.07) is 0. The summed E-state index contributed by atoms with van der Waals surface area (Å²) in [6.45, 7) is 7.50. The molecule has 0 aromatic rings. The normalized spacial score (nSPS) is 18.2. The van der Waals surface area contributed by atoms with E-state index in [0.29, 0.717) is 5.92 Å². The molecule has 0 fully saturated rings. The van der Waals surface area contributed by atoms with Crippen LogP contribution < -0.4 is 0 Å². The van der Waals surface area contributed by atoms with Crippen molar-refractivity contribution in [3.8, 4) is 0 Å². The summed E-state index contributed by atoms with van der Waals surface area (Å²) < 4.78 is 0. The van der Waals surface area contributed by atoms with E-state index in [9.17, 15) is 0 Å². The third kappa shape index (κ3) is 3.80. The minimum absolute atomic E-state index is 0.642. The van der Waals surface area contributed by atoms with Gasteiger partial charge in [-0.15, -0.1) is 0 Å². The highest BCUT2D eigenvalue weighted by molar-refractivity contribution is 5.57. The predicted octanol–water partition coefficient (Wildman–Crippen LogP) is 4.33. The van der Waals surface area contributed by atoms with Gasteiger partial charge in [-0.25, -0.2) is 0 Å². The number of hydrogen-bond donors (Lipinski definition) is 0. The first-order valence-corrected chi connectivity index (χ1v) is 6.34. The third-order valence-electron chi connectivity index (χ3n) is 2.99. The number of hydrogen-bond acceptors (Lipinski definition) is 1. The Labute approximate surface area is 99.7 Å². The minimum Gasteiger partial charge on any atom is -0.293 e. The molecule has 0 radical (unpaired) electrons. The lowest BCUT2D eigenvalue weighted by molar-refractivity contribution is 0.657. The molecule has 1 aliphatic carbocycles. The summed E-state index contributed by atoms with van der Waals surface area (Å²) >= 11 is 0. The lowest BCUT2D eigenvalue weighted by Crippen LogP contribution is -2.03. The fraction of sp³-hybridized carbons (Fsp3) is 0.533. The van der Waals surface area contributed by atoms with E-state index in [0.717, 1.165) is 19.4 Å². The van der Waals surface area contributed by atoms with Crippen LogP contribution in [0.4, 0.5) is 0 Å². The Morgan fingerprint density at radius 1 is 1.44 bits per heavy atom. The van der Waals surface area contributed by atoms with Crippen molar-refractivity contribution in [3.05, 3.63) is 35.5 Å². The fourth-order valence-corrected chi connectivity index (χ4v) is 1.86. The van der Waals surface area contributed by atoms with Gasteiger partial charge >= 0.3 is 0 Å². The molecule has 0 bridgehead atoms. The highest BCUT2D eigenvalue weighted by atomic mass is 14.7. The molecular weight excluding hydrogens is 194 g/mol. The molecule has 1 atom stereocenters. The summed E-state index contributed by atoms with van der Waals surface area (Å²) in [5.74, 6) is 0.642. The number of nitrogens with zero attached hydrogens (tertiary/aromatic N) is 1. The highest BCUT2D eigenvalue weighted by Gasteiger charge is 2.11. The van der Waals surface area contributed by atoms with Crippen LogP contribution in [0.15, 0.2) is 40.4 Å². The van der Waals surface area contributed by atoms with Crippen LogP contribution in [0.3, 0.4) is 0 Å². The summed E-state index contributed by atoms with van der Waals surface area (Å²) in [4.78, 5) is 4.45. The zero-order chi connectivity index (χ0) is 11.8. The molecule has 0 unspecified atom stereocenters. The van der Waals surface area contributed by atoms with Gasteiger partial charge in [0.2, 0.25) is 0 Å². The van der Waals surface area contributed by atoms with E-state index in [-0.39, 0.29) is 0 Å². The van der Waals surface area contributed by atoms with Crippen molar-refractivity contribution in [1.29, 1.82) is 0 Å². The summed E-state index contributed by atoms with van der Waals surface area (Å²) in [5, 5.41) is 0. The molecule has 1 heteroatoms.